The van der Waals surface area contributed by atoms with Gasteiger partial charge >= 0.3 is 0 Å². The monoisotopic (exact) mass is 434 g/mol. The van der Waals surface area contributed by atoms with E-state index in [1.807, 2.05) is 43.5 Å². The molecule has 0 aliphatic rings. The molecular weight excluding hydrogens is 412 g/mol. The van der Waals surface area contributed by atoms with Gasteiger partial charge in [-0.15, -0.1) is 16.4 Å². The van der Waals surface area contributed by atoms with Crippen LogP contribution in [0.1, 0.15) is 39.0 Å². The number of carbonyl (C=O) groups excluding carboxylic acids is 1. The van der Waals surface area contributed by atoms with E-state index in [9.17, 15) is 4.79 Å². The first-order valence-corrected chi connectivity index (χ1v) is 11.6. The first-order valence-electron chi connectivity index (χ1n) is 8.94. The molecule has 148 valence electrons. The van der Waals surface area contributed by atoms with E-state index in [0.29, 0.717) is 16.1 Å². The van der Waals surface area contributed by atoms with E-state index in [1.165, 1.54) is 22.7 Å². The Labute approximate surface area is 177 Å². The lowest BCUT2D eigenvalue weighted by atomic mass is 10.1. The average molecular weight is 435 g/mol. The van der Waals surface area contributed by atoms with Crippen molar-refractivity contribution in [3.05, 3.63) is 40.9 Å². The third-order valence-electron chi connectivity index (χ3n) is 3.73. The minimum atomic E-state index is -0.0472. The standard InChI is InChI=1S/C19H22N4O2S3/c1-5-14-8-6-7-9-16(14)23(13(4)24)17-20-15(10-26-17)11-27-19-22-21-18(28-19)25-12(2)3/h6-10,12H,5,11H2,1-4H3. The number of carbonyl (C=O) groups is 1. The molecule has 0 N–H and O–H groups in total. The summed E-state index contributed by atoms with van der Waals surface area (Å²) in [7, 11) is 0. The highest BCUT2D eigenvalue weighted by atomic mass is 32.2. The predicted octanol–water partition coefficient (Wildman–Crippen LogP) is 5.32. The van der Waals surface area contributed by atoms with Gasteiger partial charge in [-0.2, -0.15) is 0 Å². The Hall–Kier alpha value is -1.97. The number of para-hydroxylation sites is 1. The second-order valence-electron chi connectivity index (χ2n) is 6.25. The van der Waals surface area contributed by atoms with E-state index < -0.39 is 0 Å². The van der Waals surface area contributed by atoms with E-state index in [1.54, 1.807) is 23.6 Å². The molecule has 0 saturated carbocycles. The minimum absolute atomic E-state index is 0.0472. The fourth-order valence-electron chi connectivity index (χ4n) is 2.54. The molecule has 0 atom stereocenters. The largest absolute Gasteiger partial charge is 0.466 e. The van der Waals surface area contributed by atoms with E-state index >= 15 is 0 Å². The average Bonchev–Trinajstić information content (AvgIpc) is 3.29. The molecule has 0 unspecified atom stereocenters. The molecule has 0 radical (unpaired) electrons. The summed E-state index contributed by atoms with van der Waals surface area (Å²) in [6.07, 6.45) is 0.932. The highest BCUT2D eigenvalue weighted by molar-refractivity contribution is 8.00. The van der Waals surface area contributed by atoms with Crippen LogP contribution in [0, 0.1) is 0 Å². The Morgan fingerprint density at radius 2 is 2.07 bits per heavy atom. The van der Waals surface area contributed by atoms with Crippen molar-refractivity contribution in [1.29, 1.82) is 0 Å². The number of nitrogens with zero attached hydrogens (tertiary/aromatic N) is 4. The predicted molar refractivity (Wildman–Crippen MR) is 116 cm³/mol. The molecular formula is C19H22N4O2S3. The van der Waals surface area contributed by atoms with Crippen molar-refractivity contribution in [2.24, 2.45) is 0 Å². The number of hydrogen-bond donors (Lipinski definition) is 0. The third-order valence-corrected chi connectivity index (χ3v) is 6.58. The molecule has 0 spiro atoms. The van der Waals surface area contributed by atoms with Gasteiger partial charge in [-0.3, -0.25) is 9.69 Å². The van der Waals surface area contributed by atoms with E-state index in [4.69, 9.17) is 4.74 Å². The summed E-state index contributed by atoms with van der Waals surface area (Å²) in [6, 6.07) is 7.94. The number of hydrogen-bond acceptors (Lipinski definition) is 8. The van der Waals surface area contributed by atoms with Crippen LogP contribution in [0.15, 0.2) is 34.0 Å². The quantitative estimate of drug-likeness (QED) is 0.447. The highest BCUT2D eigenvalue weighted by Crippen LogP contribution is 2.34. The van der Waals surface area contributed by atoms with Gasteiger partial charge in [-0.25, -0.2) is 4.98 Å². The zero-order valence-electron chi connectivity index (χ0n) is 16.2. The lowest BCUT2D eigenvalue weighted by Gasteiger charge is -2.20. The summed E-state index contributed by atoms with van der Waals surface area (Å²) in [5.74, 6) is 0.614. The number of benzene rings is 1. The number of anilines is 2. The van der Waals surface area contributed by atoms with Crippen LogP contribution < -0.4 is 9.64 Å². The van der Waals surface area contributed by atoms with E-state index in [-0.39, 0.29) is 12.0 Å². The first kappa shape index (κ1) is 20.8. The van der Waals surface area contributed by atoms with Crippen LogP contribution in [0.2, 0.25) is 0 Å². The molecule has 0 aliphatic carbocycles. The summed E-state index contributed by atoms with van der Waals surface area (Å²) in [6.45, 7) is 7.57. The number of aryl methyl sites for hydroxylation is 1. The SMILES string of the molecule is CCc1ccccc1N(C(C)=O)c1nc(CSc2nnc(OC(C)C)s2)cs1. The molecule has 28 heavy (non-hydrogen) atoms. The van der Waals surface area contributed by atoms with Crippen LogP contribution in [0.4, 0.5) is 10.8 Å². The van der Waals surface area contributed by atoms with Crippen LogP contribution in [-0.2, 0) is 17.0 Å². The number of ether oxygens (including phenoxy) is 1. The maximum atomic E-state index is 12.3. The van der Waals surface area contributed by atoms with Crippen LogP contribution in [0.25, 0.3) is 0 Å². The third kappa shape index (κ3) is 5.09. The number of rotatable bonds is 8. The van der Waals surface area contributed by atoms with Crippen LogP contribution >= 0.6 is 34.4 Å². The molecule has 0 bridgehead atoms. The Morgan fingerprint density at radius 3 is 2.79 bits per heavy atom. The lowest BCUT2D eigenvalue weighted by molar-refractivity contribution is -0.115. The van der Waals surface area contributed by atoms with Crippen molar-refractivity contribution in [3.63, 3.8) is 0 Å². The molecule has 1 aromatic carbocycles. The summed E-state index contributed by atoms with van der Waals surface area (Å²) in [5.41, 5.74) is 2.92. The van der Waals surface area contributed by atoms with Gasteiger partial charge in [-0.1, -0.05) is 42.0 Å². The summed E-state index contributed by atoms with van der Waals surface area (Å²) >= 11 is 4.47. The first-order chi connectivity index (χ1) is 13.5. The van der Waals surface area contributed by atoms with Gasteiger partial charge in [0.05, 0.1) is 17.5 Å². The molecule has 3 rings (SSSR count). The van der Waals surface area contributed by atoms with Crippen molar-refractivity contribution in [1.82, 2.24) is 15.2 Å². The number of thioether (sulfide) groups is 1. The van der Waals surface area contributed by atoms with Gasteiger partial charge in [0.1, 0.15) is 0 Å². The van der Waals surface area contributed by atoms with Gasteiger partial charge in [0, 0.05) is 18.1 Å². The Kier molecular flexibility index (Phi) is 7.03. The number of aromatic nitrogens is 3. The van der Waals surface area contributed by atoms with Gasteiger partial charge < -0.3 is 4.74 Å². The van der Waals surface area contributed by atoms with Crippen LogP contribution in [0.5, 0.6) is 5.19 Å². The molecule has 1 amide bonds. The van der Waals surface area contributed by atoms with Crippen LogP contribution in [-0.4, -0.2) is 27.2 Å². The van der Waals surface area contributed by atoms with Crippen molar-refractivity contribution < 1.29 is 9.53 Å². The second kappa shape index (κ2) is 9.49. The molecule has 2 aromatic heterocycles. The minimum Gasteiger partial charge on any atom is -0.466 e. The molecule has 3 aromatic rings. The Bertz CT molecular complexity index is 939. The maximum Gasteiger partial charge on any atom is 0.295 e. The molecule has 2 heterocycles. The smallest absolute Gasteiger partial charge is 0.295 e. The van der Waals surface area contributed by atoms with Gasteiger partial charge in [-0.05, 0) is 43.2 Å². The summed E-state index contributed by atoms with van der Waals surface area (Å²) in [4.78, 5) is 18.7. The number of thiazole rings is 1. The van der Waals surface area contributed by atoms with E-state index in [0.717, 1.165) is 27.7 Å². The maximum absolute atomic E-state index is 12.3. The molecule has 0 saturated heterocycles. The normalized spacial score (nSPS) is 11.0. The molecule has 0 aliphatic heterocycles. The van der Waals surface area contributed by atoms with Crippen molar-refractivity contribution in [3.8, 4) is 5.19 Å². The fourth-order valence-corrected chi connectivity index (χ4v) is 5.22. The summed E-state index contributed by atoms with van der Waals surface area (Å²) < 4.78 is 6.39. The summed E-state index contributed by atoms with van der Waals surface area (Å²) in [5, 5.41) is 11.4. The molecule has 6 nitrogen and oxygen atoms in total. The number of amides is 1. The van der Waals surface area contributed by atoms with E-state index in [2.05, 4.69) is 22.1 Å². The van der Waals surface area contributed by atoms with Crippen molar-refractivity contribution in [2.75, 3.05) is 4.90 Å². The van der Waals surface area contributed by atoms with Gasteiger partial charge in [0.15, 0.2) is 9.47 Å². The second-order valence-corrected chi connectivity index (χ2v) is 9.25. The molecule has 0 fully saturated rings. The topological polar surface area (TPSA) is 68.2 Å². The highest BCUT2D eigenvalue weighted by Gasteiger charge is 2.20. The van der Waals surface area contributed by atoms with Gasteiger partial charge in [0.25, 0.3) is 5.19 Å². The Balaban J connectivity index is 1.73. The Morgan fingerprint density at radius 1 is 1.29 bits per heavy atom. The lowest BCUT2D eigenvalue weighted by Crippen LogP contribution is -2.23. The van der Waals surface area contributed by atoms with Gasteiger partial charge in [0.2, 0.25) is 5.91 Å². The van der Waals surface area contributed by atoms with Crippen molar-refractivity contribution >= 4 is 51.2 Å². The van der Waals surface area contributed by atoms with Crippen molar-refractivity contribution in [2.45, 2.75) is 50.3 Å². The zero-order valence-corrected chi connectivity index (χ0v) is 18.7. The van der Waals surface area contributed by atoms with Crippen LogP contribution in [0.3, 0.4) is 0 Å². The molecule has 9 heteroatoms. The fraction of sp³-hybridized carbons (Fsp3) is 0.368. The zero-order chi connectivity index (χ0) is 20.1.